The van der Waals surface area contributed by atoms with Crippen LogP contribution in [0.1, 0.15) is 54.5 Å². The number of unbranched alkanes of at least 4 members (excludes halogenated alkanes) is 1. The van der Waals surface area contributed by atoms with E-state index in [4.69, 9.17) is 4.74 Å². The third-order valence-corrected chi connectivity index (χ3v) is 8.33. The average molecular weight is 495 g/mol. The summed E-state index contributed by atoms with van der Waals surface area (Å²) < 4.78 is 32.2. The number of hydrogen-bond acceptors (Lipinski definition) is 7. The first-order valence-corrected chi connectivity index (χ1v) is 13.4. The summed E-state index contributed by atoms with van der Waals surface area (Å²) in [6, 6.07) is 5.93. The molecule has 2 heterocycles. The van der Waals surface area contributed by atoms with Crippen LogP contribution in [-0.2, 0) is 27.7 Å². The van der Waals surface area contributed by atoms with Crippen LogP contribution in [-0.4, -0.2) is 60.8 Å². The lowest BCUT2D eigenvalue weighted by Crippen LogP contribution is -2.35. The van der Waals surface area contributed by atoms with Gasteiger partial charge in [-0.25, -0.2) is 18.2 Å². The zero-order valence-corrected chi connectivity index (χ0v) is 20.8. The number of fused-ring (bicyclic) bond motifs is 1. The fourth-order valence-electron chi connectivity index (χ4n) is 3.50. The minimum Gasteiger partial charge on any atom is -0.450 e. The van der Waals surface area contributed by atoms with Crippen molar-refractivity contribution < 1.29 is 22.7 Å². The summed E-state index contributed by atoms with van der Waals surface area (Å²) in [6.07, 6.45) is 1.95. The van der Waals surface area contributed by atoms with Crippen molar-refractivity contribution in [3.63, 3.8) is 0 Å². The van der Waals surface area contributed by atoms with Crippen molar-refractivity contribution in [1.29, 1.82) is 0 Å². The van der Waals surface area contributed by atoms with Crippen molar-refractivity contribution >= 4 is 38.5 Å². The highest BCUT2D eigenvalue weighted by atomic mass is 32.2. The number of sulfonamides is 1. The molecule has 3 rings (SSSR count). The summed E-state index contributed by atoms with van der Waals surface area (Å²) in [5.41, 5.74) is 1.20. The van der Waals surface area contributed by atoms with Crippen molar-refractivity contribution in [3.05, 3.63) is 40.4 Å². The molecule has 1 aromatic carbocycles. The number of nitrogens with one attached hydrogen (secondary N) is 1. The molecule has 33 heavy (non-hydrogen) atoms. The van der Waals surface area contributed by atoms with Crippen LogP contribution in [0.5, 0.6) is 0 Å². The summed E-state index contributed by atoms with van der Waals surface area (Å²) >= 11 is 1.32. The lowest BCUT2D eigenvalue weighted by molar-refractivity contribution is 0.102. The summed E-state index contributed by atoms with van der Waals surface area (Å²) in [5.74, 6) is -0.370. The van der Waals surface area contributed by atoms with Crippen molar-refractivity contribution in [2.45, 2.75) is 51.5 Å². The Bertz CT molecular complexity index is 1080. The predicted molar refractivity (Wildman–Crippen MR) is 127 cm³/mol. The van der Waals surface area contributed by atoms with E-state index >= 15 is 0 Å². The van der Waals surface area contributed by atoms with Gasteiger partial charge in [0, 0.05) is 36.5 Å². The normalized spacial score (nSPS) is 13.6. The van der Waals surface area contributed by atoms with Crippen LogP contribution in [0.15, 0.2) is 29.2 Å². The van der Waals surface area contributed by atoms with E-state index in [2.05, 4.69) is 10.3 Å². The number of carbonyl (C=O) groups is 2. The number of carbonyl (C=O) groups excluding carboxylic acids is 2. The van der Waals surface area contributed by atoms with Crippen LogP contribution in [0.2, 0.25) is 0 Å². The molecule has 2 aromatic rings. The first-order chi connectivity index (χ1) is 15.8. The maximum atomic E-state index is 12.8. The zero-order valence-electron chi connectivity index (χ0n) is 19.2. The summed E-state index contributed by atoms with van der Waals surface area (Å²) in [5, 5.41) is 3.23. The van der Waals surface area contributed by atoms with E-state index in [1.54, 1.807) is 11.8 Å². The molecule has 0 aliphatic carbocycles. The number of hydrogen-bond donors (Lipinski definition) is 1. The second kappa shape index (κ2) is 11.1. The molecule has 1 aliphatic rings. The largest absolute Gasteiger partial charge is 0.450 e. The van der Waals surface area contributed by atoms with Crippen LogP contribution < -0.4 is 5.32 Å². The van der Waals surface area contributed by atoms with Gasteiger partial charge in [-0.3, -0.25) is 10.1 Å². The molecule has 1 N–H and O–H groups in total. The first kappa shape index (κ1) is 25.1. The molecule has 0 unspecified atom stereocenters. The average Bonchev–Trinajstić information content (AvgIpc) is 3.21. The van der Waals surface area contributed by atoms with E-state index in [9.17, 15) is 18.0 Å². The second-order valence-electron chi connectivity index (χ2n) is 7.59. The first-order valence-electron chi connectivity index (χ1n) is 11.1. The number of anilines is 1. The van der Waals surface area contributed by atoms with Crippen molar-refractivity contribution in [2.24, 2.45) is 0 Å². The number of ether oxygens (including phenoxy) is 1. The molecule has 2 amide bonds. The summed E-state index contributed by atoms with van der Waals surface area (Å²) in [6.45, 7) is 7.71. The molecule has 180 valence electrons. The Hall–Kier alpha value is -2.50. The van der Waals surface area contributed by atoms with Crippen LogP contribution in [0.4, 0.5) is 9.93 Å². The van der Waals surface area contributed by atoms with E-state index in [1.807, 2.05) is 13.8 Å². The van der Waals surface area contributed by atoms with Crippen LogP contribution in [0.25, 0.3) is 0 Å². The predicted octanol–water partition coefficient (Wildman–Crippen LogP) is 3.72. The highest BCUT2D eigenvalue weighted by molar-refractivity contribution is 7.89. The fraction of sp³-hybridized carbons (Fsp3) is 0.500. The molecular formula is C22H30N4O5S2. The molecule has 11 heteroatoms. The maximum absolute atomic E-state index is 12.8. The smallest absolute Gasteiger partial charge is 0.410 e. The highest BCUT2D eigenvalue weighted by Gasteiger charge is 2.26. The Kier molecular flexibility index (Phi) is 8.44. The van der Waals surface area contributed by atoms with Crippen LogP contribution >= 0.6 is 11.3 Å². The molecule has 0 radical (unpaired) electrons. The van der Waals surface area contributed by atoms with Gasteiger partial charge in [-0.1, -0.05) is 31.6 Å². The quantitative estimate of drug-likeness (QED) is 0.569. The molecule has 1 aliphatic heterocycles. The molecule has 9 nitrogen and oxygen atoms in total. The third-order valence-electron chi connectivity index (χ3n) is 5.35. The number of amides is 2. The monoisotopic (exact) mass is 494 g/mol. The van der Waals surface area contributed by atoms with Gasteiger partial charge in [0.2, 0.25) is 10.0 Å². The number of thiazole rings is 1. The fourth-order valence-corrected chi connectivity index (χ4v) is 6.01. The molecule has 0 atom stereocenters. The molecule has 0 saturated carbocycles. The van der Waals surface area contributed by atoms with Crippen molar-refractivity contribution in [1.82, 2.24) is 14.2 Å². The Morgan fingerprint density at radius 1 is 1.21 bits per heavy atom. The minimum absolute atomic E-state index is 0.167. The Morgan fingerprint density at radius 2 is 1.94 bits per heavy atom. The lowest BCUT2D eigenvalue weighted by Gasteiger charge is -2.24. The second-order valence-corrected chi connectivity index (χ2v) is 10.6. The molecule has 1 aromatic heterocycles. The molecule has 0 spiro atoms. The van der Waals surface area contributed by atoms with Gasteiger partial charge in [-0.15, -0.1) is 0 Å². The Morgan fingerprint density at radius 3 is 2.58 bits per heavy atom. The minimum atomic E-state index is -3.59. The molecule has 0 saturated heterocycles. The number of nitrogens with zero attached hydrogens (tertiary/aromatic N) is 3. The van der Waals surface area contributed by atoms with Gasteiger partial charge in [-0.05, 0) is 37.6 Å². The van der Waals surface area contributed by atoms with E-state index < -0.39 is 10.0 Å². The number of benzene rings is 1. The highest BCUT2D eigenvalue weighted by Crippen LogP contribution is 2.29. The van der Waals surface area contributed by atoms with Gasteiger partial charge >= 0.3 is 6.09 Å². The Labute approximate surface area is 198 Å². The van der Waals surface area contributed by atoms with E-state index in [-0.39, 0.29) is 16.9 Å². The molecule has 0 bridgehead atoms. The van der Waals surface area contributed by atoms with Crippen molar-refractivity contribution in [2.75, 3.05) is 31.6 Å². The van der Waals surface area contributed by atoms with Gasteiger partial charge in [0.05, 0.1) is 23.7 Å². The van der Waals surface area contributed by atoms with Gasteiger partial charge in [0.1, 0.15) is 0 Å². The Balaban J connectivity index is 1.67. The summed E-state index contributed by atoms with van der Waals surface area (Å²) in [7, 11) is -3.59. The maximum Gasteiger partial charge on any atom is 0.410 e. The molecular weight excluding hydrogens is 464 g/mol. The van der Waals surface area contributed by atoms with Gasteiger partial charge in [0.25, 0.3) is 5.91 Å². The van der Waals surface area contributed by atoms with Gasteiger partial charge < -0.3 is 9.64 Å². The van der Waals surface area contributed by atoms with Crippen LogP contribution in [0.3, 0.4) is 0 Å². The topological polar surface area (TPSA) is 109 Å². The van der Waals surface area contributed by atoms with Crippen LogP contribution in [0, 0.1) is 0 Å². The van der Waals surface area contributed by atoms with E-state index in [1.165, 1.54) is 39.9 Å². The summed E-state index contributed by atoms with van der Waals surface area (Å²) in [4.78, 5) is 31.8. The number of aromatic nitrogens is 1. The zero-order chi connectivity index (χ0) is 24.0. The molecule has 0 fully saturated rings. The van der Waals surface area contributed by atoms with E-state index in [0.717, 1.165) is 23.4 Å². The lowest BCUT2D eigenvalue weighted by atomic mass is 10.2. The third kappa shape index (κ3) is 5.90. The van der Waals surface area contributed by atoms with Gasteiger partial charge in [-0.2, -0.15) is 4.31 Å². The van der Waals surface area contributed by atoms with E-state index in [0.29, 0.717) is 49.9 Å². The van der Waals surface area contributed by atoms with Crippen molar-refractivity contribution in [3.8, 4) is 0 Å². The van der Waals surface area contributed by atoms with Gasteiger partial charge in [0.15, 0.2) is 5.13 Å². The SMILES string of the molecule is CCCCN(CC)S(=O)(=O)c1ccc(C(=O)Nc2nc3c(s2)CN(C(=O)OCC)CC3)cc1. The number of rotatable bonds is 9. The standard InChI is InChI=1S/C22H30N4O5S2/c1-4-7-13-26(5-2)33(29,30)17-10-8-16(9-11-17)20(27)24-21-23-18-12-14-25(15-19(18)32-21)22(28)31-6-3/h8-11H,4-7,12-15H2,1-3H3,(H,23,24,27).